The van der Waals surface area contributed by atoms with Gasteiger partial charge in [0.25, 0.3) is 0 Å². The lowest BCUT2D eigenvalue weighted by molar-refractivity contribution is -0.144. The number of benzene rings is 2. The van der Waals surface area contributed by atoms with Gasteiger partial charge in [0.05, 0.1) is 26.1 Å². The molecule has 82 heavy (non-hydrogen) atoms. The van der Waals surface area contributed by atoms with E-state index in [9.17, 15) is 19.2 Å². The van der Waals surface area contributed by atoms with E-state index in [1.165, 1.54) is 116 Å². The maximum atomic E-state index is 12.6. The Kier molecular flexibility index (Phi) is 42.1. The Hall–Kier alpha value is -3.58. The quantitative estimate of drug-likeness (QED) is 0.0207. The summed E-state index contributed by atoms with van der Waals surface area (Å²) in [4.78, 5) is 55.2. The van der Waals surface area contributed by atoms with E-state index in [1.807, 2.05) is 45.9 Å². The molecule has 0 N–H and O–H groups in total. The first kappa shape index (κ1) is 70.9. The number of hydrogen-bond acceptors (Lipinski definition) is 12. The van der Waals surface area contributed by atoms with Crippen LogP contribution in [0.15, 0.2) is 72.8 Å². The van der Waals surface area contributed by atoms with Gasteiger partial charge < -0.3 is 28.7 Å². The molecule has 0 aliphatic carbocycles. The maximum absolute atomic E-state index is 12.6. The van der Waals surface area contributed by atoms with Crippen LogP contribution in [-0.4, -0.2) is 97.7 Å². The molecule has 4 rings (SSSR count). The number of rotatable bonds is 49. The van der Waals surface area contributed by atoms with Crippen molar-refractivity contribution in [2.24, 2.45) is 11.8 Å². The molecule has 0 radical (unpaired) electrons. The summed E-state index contributed by atoms with van der Waals surface area (Å²) in [6, 6.07) is 14.5. The second kappa shape index (κ2) is 48.6. The Labute approximate surface area is 507 Å². The zero-order valence-electron chi connectivity index (χ0n) is 51.6. The molecule has 2 saturated heterocycles. The number of carbonyl (C=O) groups is 4. The summed E-state index contributed by atoms with van der Waals surface area (Å²) in [5.41, 5.74) is 1.72. The Balaban J connectivity index is 0.884. The molecule has 0 aromatic heterocycles. The van der Waals surface area contributed by atoms with Crippen LogP contribution >= 0.6 is 21.6 Å². The van der Waals surface area contributed by atoms with Crippen molar-refractivity contribution in [2.75, 3.05) is 64.0 Å². The minimum Gasteiger partial charge on any atom is -0.465 e. The van der Waals surface area contributed by atoms with Crippen LogP contribution in [0.25, 0.3) is 0 Å². The van der Waals surface area contributed by atoms with Gasteiger partial charge in [0.1, 0.15) is 11.5 Å². The van der Waals surface area contributed by atoms with Crippen LogP contribution in [0.4, 0.5) is 0 Å². The van der Waals surface area contributed by atoms with Gasteiger partial charge >= 0.3 is 23.9 Å². The van der Waals surface area contributed by atoms with Crippen LogP contribution < -0.4 is 9.47 Å². The summed E-state index contributed by atoms with van der Waals surface area (Å²) in [5.74, 6) is 3.69. The van der Waals surface area contributed by atoms with Crippen LogP contribution in [0.3, 0.4) is 0 Å². The first-order chi connectivity index (χ1) is 40.3. The van der Waals surface area contributed by atoms with Gasteiger partial charge in [-0.1, -0.05) is 187 Å². The standard InChI is InChI=1S/C70H112N2O8S2/c1-3-5-7-9-11-13-15-17-19-21-23-25-27-29-31-33-67(73)79-65-39-35-63(36-40-65)59-69(75)77-55-47-61-43-49-71(50-44-61)53-57-81-82-58-54-72-51-45-62(46-52-72)48-56-78-70(76)60-64-37-41-66(42-38-64)80-68(74)34-32-30-28-26-24-22-20-18-16-14-12-10-8-6-4-2/h17-20,35-42,61-62H,3-16,21-34,43-60H2,1-2H3/b19-17+,20-18+. The van der Waals surface area contributed by atoms with Crippen LogP contribution in [0.1, 0.15) is 243 Å². The number of ether oxygens (including phenoxy) is 4. The van der Waals surface area contributed by atoms with Crippen molar-refractivity contribution in [1.82, 2.24) is 9.80 Å². The number of unbranched alkanes of at least 4 members (excludes halogenated alkanes) is 22. The number of nitrogens with zero attached hydrogens (tertiary/aromatic N) is 2. The van der Waals surface area contributed by atoms with Crippen molar-refractivity contribution in [3.05, 3.63) is 84.0 Å². The van der Waals surface area contributed by atoms with E-state index in [-0.39, 0.29) is 36.7 Å². The first-order valence-corrected chi connectivity index (χ1v) is 35.7. The third-order valence-electron chi connectivity index (χ3n) is 16.4. The van der Waals surface area contributed by atoms with Crippen molar-refractivity contribution < 1.29 is 38.1 Å². The van der Waals surface area contributed by atoms with E-state index in [0.29, 0.717) is 49.4 Å². The van der Waals surface area contributed by atoms with E-state index >= 15 is 0 Å². The summed E-state index contributed by atoms with van der Waals surface area (Å²) in [5, 5.41) is 0. The highest BCUT2D eigenvalue weighted by Crippen LogP contribution is 2.27. The molecule has 2 fully saturated rings. The smallest absolute Gasteiger partial charge is 0.311 e. The molecule has 0 amide bonds. The third kappa shape index (κ3) is 37.7. The number of hydrogen-bond donors (Lipinski definition) is 0. The molecule has 2 aliphatic rings. The molecule has 0 unspecified atom stereocenters. The van der Waals surface area contributed by atoms with Crippen LogP contribution in [0.2, 0.25) is 0 Å². The van der Waals surface area contributed by atoms with Gasteiger partial charge in [-0.05, 0) is 176 Å². The predicted molar refractivity (Wildman–Crippen MR) is 345 cm³/mol. The van der Waals surface area contributed by atoms with Gasteiger partial charge in [-0.3, -0.25) is 19.2 Å². The minimum atomic E-state index is -0.210. The summed E-state index contributed by atoms with van der Waals surface area (Å²) in [6.07, 6.45) is 49.1. The number of esters is 4. The molecule has 2 aromatic carbocycles. The van der Waals surface area contributed by atoms with Gasteiger partial charge in [-0.25, -0.2) is 0 Å². The molecule has 10 nitrogen and oxygen atoms in total. The molecule has 0 spiro atoms. The Bertz CT molecular complexity index is 1840. The van der Waals surface area contributed by atoms with E-state index in [1.54, 1.807) is 24.3 Å². The molecular formula is C70H112N2O8S2. The van der Waals surface area contributed by atoms with Crippen LogP contribution in [0.5, 0.6) is 11.5 Å². The highest BCUT2D eigenvalue weighted by Gasteiger charge is 2.21. The van der Waals surface area contributed by atoms with Crippen molar-refractivity contribution in [1.29, 1.82) is 0 Å². The number of likely N-dealkylation sites (tertiary alicyclic amines) is 2. The second-order valence-corrected chi connectivity index (χ2v) is 26.2. The van der Waals surface area contributed by atoms with E-state index in [0.717, 1.165) is 152 Å². The van der Waals surface area contributed by atoms with Crippen LogP contribution in [0, 0.1) is 11.8 Å². The highest BCUT2D eigenvalue weighted by molar-refractivity contribution is 8.76. The van der Waals surface area contributed by atoms with Gasteiger partial charge in [0.2, 0.25) is 0 Å². The van der Waals surface area contributed by atoms with E-state index in [4.69, 9.17) is 18.9 Å². The summed E-state index contributed by atoms with van der Waals surface area (Å²) < 4.78 is 22.4. The average Bonchev–Trinajstić information content (AvgIpc) is 3.49. The molecule has 0 bridgehead atoms. The second-order valence-electron chi connectivity index (χ2n) is 23.5. The average molecular weight is 1170 g/mol. The molecule has 0 saturated carbocycles. The van der Waals surface area contributed by atoms with Crippen molar-refractivity contribution in [2.45, 2.75) is 245 Å². The normalized spacial score (nSPS) is 14.7. The third-order valence-corrected chi connectivity index (χ3v) is 18.7. The van der Waals surface area contributed by atoms with Crippen molar-refractivity contribution in [3.8, 4) is 11.5 Å². The van der Waals surface area contributed by atoms with Gasteiger partial charge in [0, 0.05) is 37.4 Å². The highest BCUT2D eigenvalue weighted by atomic mass is 33.1. The van der Waals surface area contributed by atoms with E-state index in [2.05, 4.69) is 48.0 Å². The zero-order valence-corrected chi connectivity index (χ0v) is 53.2. The zero-order chi connectivity index (χ0) is 58.2. The molecule has 12 heteroatoms. The Morgan fingerprint density at radius 1 is 0.427 bits per heavy atom. The Morgan fingerprint density at radius 3 is 1.09 bits per heavy atom. The summed E-state index contributed by atoms with van der Waals surface area (Å²) >= 11 is 0. The SMILES string of the molecule is CCCCCCCC/C=C/CCCCCCCC(=O)Oc1ccc(CC(=O)OCCC2CCN(CCSSCCN3CCC(CCOC(=O)Cc4ccc(OC(=O)CCCCCCC/C=C/CCCCCCCC)cc4)CC3)CC2)cc1. The number of allylic oxidation sites excluding steroid dienone is 4. The number of piperidine rings is 2. The molecule has 2 aromatic rings. The molecule has 0 atom stereocenters. The topological polar surface area (TPSA) is 112 Å². The largest absolute Gasteiger partial charge is 0.465 e. The van der Waals surface area contributed by atoms with Gasteiger partial charge in [-0.15, -0.1) is 0 Å². The van der Waals surface area contributed by atoms with Gasteiger partial charge in [-0.2, -0.15) is 0 Å². The molecule has 462 valence electrons. The monoisotopic (exact) mass is 1170 g/mol. The lowest BCUT2D eigenvalue weighted by Gasteiger charge is -2.32. The lowest BCUT2D eigenvalue weighted by atomic mass is 9.94. The van der Waals surface area contributed by atoms with Crippen molar-refractivity contribution in [3.63, 3.8) is 0 Å². The van der Waals surface area contributed by atoms with Crippen LogP contribution in [-0.2, 0) is 41.5 Å². The fourth-order valence-corrected chi connectivity index (χ4v) is 13.0. The maximum Gasteiger partial charge on any atom is 0.311 e. The summed E-state index contributed by atoms with van der Waals surface area (Å²) in [7, 11) is 3.98. The fraction of sp³-hybridized carbons (Fsp3) is 0.714. The minimum absolute atomic E-state index is 0.196. The van der Waals surface area contributed by atoms with E-state index < -0.39 is 0 Å². The first-order valence-electron chi connectivity index (χ1n) is 33.2. The molecule has 2 aliphatic heterocycles. The van der Waals surface area contributed by atoms with Gasteiger partial charge in [0.15, 0.2) is 0 Å². The lowest BCUT2D eigenvalue weighted by Crippen LogP contribution is -2.36. The summed E-state index contributed by atoms with van der Waals surface area (Å²) in [6.45, 7) is 12.1. The predicted octanol–water partition coefficient (Wildman–Crippen LogP) is 18.0. The molecular weight excluding hydrogens is 1060 g/mol. The Morgan fingerprint density at radius 2 is 0.744 bits per heavy atom. The number of carbonyl (C=O) groups excluding carboxylic acids is 4. The van der Waals surface area contributed by atoms with Crippen molar-refractivity contribution >= 4 is 45.5 Å². The molecule has 2 heterocycles. The fourth-order valence-electron chi connectivity index (χ4n) is 11.0.